The predicted molar refractivity (Wildman–Crippen MR) is 162 cm³/mol. The Morgan fingerprint density at radius 1 is 0.829 bits per heavy atom. The SMILES string of the molecule is CC(C)(C)OC(=O)N1CCC[C@H]1c1ncc(-c2ccc3c(c2)Sc2ccc(-c4cnc(C5CCCC5)[nH]4)cc2S3)[nH]1. The van der Waals surface area contributed by atoms with Crippen molar-refractivity contribution >= 4 is 29.6 Å². The van der Waals surface area contributed by atoms with E-state index in [9.17, 15) is 4.79 Å². The number of carbonyl (C=O) groups is 1. The van der Waals surface area contributed by atoms with Gasteiger partial charge < -0.3 is 14.7 Å². The lowest BCUT2D eigenvalue weighted by Crippen LogP contribution is -2.36. The van der Waals surface area contributed by atoms with Gasteiger partial charge in [0.15, 0.2) is 0 Å². The lowest BCUT2D eigenvalue weighted by Gasteiger charge is -2.27. The van der Waals surface area contributed by atoms with Gasteiger partial charge in [0, 0.05) is 43.2 Å². The molecule has 1 atom stereocenters. The number of imidazole rings is 2. The predicted octanol–water partition coefficient (Wildman–Crippen LogP) is 8.81. The number of amides is 1. The van der Waals surface area contributed by atoms with E-state index < -0.39 is 5.60 Å². The second kappa shape index (κ2) is 10.6. The molecule has 2 aromatic carbocycles. The number of likely N-dealkylation sites (tertiary alicyclic amines) is 1. The Hall–Kier alpha value is -3.17. The number of H-pyrrole nitrogens is 2. The minimum absolute atomic E-state index is 0.0913. The molecule has 2 fully saturated rings. The minimum atomic E-state index is -0.519. The Morgan fingerprint density at radius 3 is 2.02 bits per heavy atom. The number of aromatic amines is 2. The molecule has 7 nitrogen and oxygen atoms in total. The molecule has 212 valence electrons. The van der Waals surface area contributed by atoms with E-state index in [1.165, 1.54) is 50.8 Å². The number of fused-ring (bicyclic) bond motifs is 2. The first kappa shape index (κ1) is 26.7. The van der Waals surface area contributed by atoms with Gasteiger partial charge in [0.1, 0.15) is 17.2 Å². The van der Waals surface area contributed by atoms with E-state index in [4.69, 9.17) is 14.7 Å². The van der Waals surface area contributed by atoms with E-state index in [-0.39, 0.29) is 12.1 Å². The lowest BCUT2D eigenvalue weighted by molar-refractivity contribution is 0.0218. The zero-order valence-electron chi connectivity index (χ0n) is 23.7. The van der Waals surface area contributed by atoms with Crippen molar-refractivity contribution in [2.24, 2.45) is 0 Å². The Balaban J connectivity index is 1.08. The average molecular weight is 586 g/mol. The zero-order chi connectivity index (χ0) is 28.1. The van der Waals surface area contributed by atoms with Crippen molar-refractivity contribution < 1.29 is 9.53 Å². The Bertz CT molecular complexity index is 1600. The van der Waals surface area contributed by atoms with Crippen LogP contribution >= 0.6 is 23.5 Å². The number of hydrogen-bond acceptors (Lipinski definition) is 6. The molecule has 1 aliphatic carbocycles. The van der Waals surface area contributed by atoms with Gasteiger partial charge >= 0.3 is 6.09 Å². The van der Waals surface area contributed by atoms with Crippen LogP contribution in [0.1, 0.15) is 82.9 Å². The Labute approximate surface area is 249 Å². The van der Waals surface area contributed by atoms with Gasteiger partial charge in [-0.25, -0.2) is 14.8 Å². The van der Waals surface area contributed by atoms with E-state index in [1.54, 1.807) is 4.90 Å². The van der Waals surface area contributed by atoms with Crippen molar-refractivity contribution in [3.8, 4) is 22.5 Å². The first-order valence-corrected chi connectivity index (χ1v) is 16.2. The number of carbonyl (C=O) groups excluding carboxylic acids is 1. The molecule has 1 saturated carbocycles. The lowest BCUT2D eigenvalue weighted by atomic mass is 10.1. The normalized spacial score (nSPS) is 18.9. The molecule has 3 aliphatic rings. The second-order valence-corrected chi connectivity index (χ2v) is 14.4. The molecule has 1 amide bonds. The van der Waals surface area contributed by atoms with Crippen molar-refractivity contribution in [2.45, 2.75) is 96.4 Å². The minimum Gasteiger partial charge on any atom is -0.444 e. The number of hydrogen-bond donors (Lipinski definition) is 2. The molecule has 1 saturated heterocycles. The van der Waals surface area contributed by atoms with Crippen molar-refractivity contribution in [3.05, 3.63) is 60.4 Å². The van der Waals surface area contributed by atoms with Crippen molar-refractivity contribution in [1.29, 1.82) is 0 Å². The van der Waals surface area contributed by atoms with Crippen LogP contribution in [-0.2, 0) is 4.74 Å². The Morgan fingerprint density at radius 2 is 1.41 bits per heavy atom. The second-order valence-electron chi connectivity index (χ2n) is 12.2. The summed E-state index contributed by atoms with van der Waals surface area (Å²) in [6.07, 6.45) is 10.5. The molecule has 0 radical (unpaired) electrons. The molecule has 2 aliphatic heterocycles. The summed E-state index contributed by atoms with van der Waals surface area (Å²) in [6, 6.07) is 13.2. The standard InChI is InChI=1S/C32H35N5O2S2/c1-32(2,3)39-31(38)37-14-6-9-24(37)30-34-18-23(36-30)21-11-13-26-28(16-21)41-25-12-10-20(15-27(25)40-26)22-17-33-29(35-22)19-7-4-5-8-19/h10-13,15-19,24H,4-9,14H2,1-3H3,(H,33,35)(H,34,36)/t24-/m0/s1. The maximum Gasteiger partial charge on any atom is 0.410 e. The van der Waals surface area contributed by atoms with Crippen LogP contribution in [0.4, 0.5) is 4.79 Å². The third-order valence-corrected chi connectivity index (χ3v) is 10.6. The number of aromatic nitrogens is 4. The topological polar surface area (TPSA) is 86.9 Å². The molecule has 41 heavy (non-hydrogen) atoms. The molecule has 4 heterocycles. The van der Waals surface area contributed by atoms with Gasteiger partial charge in [-0.3, -0.25) is 4.90 Å². The van der Waals surface area contributed by atoms with Gasteiger partial charge in [0.25, 0.3) is 0 Å². The third kappa shape index (κ3) is 5.42. The van der Waals surface area contributed by atoms with Gasteiger partial charge in [0.2, 0.25) is 0 Å². The fourth-order valence-electron chi connectivity index (χ4n) is 6.05. The summed E-state index contributed by atoms with van der Waals surface area (Å²) in [6.45, 7) is 6.38. The number of nitrogens with one attached hydrogen (secondary N) is 2. The molecular weight excluding hydrogens is 551 g/mol. The summed E-state index contributed by atoms with van der Waals surface area (Å²) in [5, 5.41) is 0. The highest BCUT2D eigenvalue weighted by molar-refractivity contribution is 8.05. The van der Waals surface area contributed by atoms with Crippen LogP contribution in [0.5, 0.6) is 0 Å². The molecular formula is C32H35N5O2S2. The fourth-order valence-corrected chi connectivity index (χ4v) is 8.32. The fraction of sp³-hybridized carbons (Fsp3) is 0.406. The summed E-state index contributed by atoms with van der Waals surface area (Å²) in [7, 11) is 0. The first-order chi connectivity index (χ1) is 19.8. The summed E-state index contributed by atoms with van der Waals surface area (Å²) in [4.78, 5) is 36.1. The van der Waals surface area contributed by atoms with Crippen LogP contribution in [0.3, 0.4) is 0 Å². The Kier molecular flexibility index (Phi) is 6.90. The number of benzene rings is 2. The van der Waals surface area contributed by atoms with Crippen LogP contribution in [0, 0.1) is 0 Å². The highest BCUT2D eigenvalue weighted by atomic mass is 32.2. The van der Waals surface area contributed by atoms with Crippen molar-refractivity contribution in [2.75, 3.05) is 6.54 Å². The quantitative estimate of drug-likeness (QED) is 0.219. The van der Waals surface area contributed by atoms with Crippen LogP contribution in [0.15, 0.2) is 68.4 Å². The van der Waals surface area contributed by atoms with E-state index >= 15 is 0 Å². The molecule has 7 rings (SSSR count). The molecule has 0 bridgehead atoms. The molecule has 2 aromatic heterocycles. The van der Waals surface area contributed by atoms with Gasteiger partial charge in [-0.2, -0.15) is 0 Å². The molecule has 4 aromatic rings. The molecule has 2 N–H and O–H groups in total. The molecule has 9 heteroatoms. The van der Waals surface area contributed by atoms with Gasteiger partial charge in [-0.1, -0.05) is 48.5 Å². The summed E-state index contributed by atoms with van der Waals surface area (Å²) >= 11 is 3.63. The van der Waals surface area contributed by atoms with E-state index in [2.05, 4.69) is 46.4 Å². The van der Waals surface area contributed by atoms with Gasteiger partial charge in [-0.15, -0.1) is 0 Å². The number of ether oxygens (including phenoxy) is 1. The van der Waals surface area contributed by atoms with Crippen LogP contribution in [-0.4, -0.2) is 43.1 Å². The molecule has 0 spiro atoms. The highest BCUT2D eigenvalue weighted by Gasteiger charge is 2.35. The average Bonchev–Trinajstić information content (AvgIpc) is 3.76. The maximum absolute atomic E-state index is 12.8. The smallest absolute Gasteiger partial charge is 0.410 e. The van der Waals surface area contributed by atoms with Crippen molar-refractivity contribution in [3.63, 3.8) is 0 Å². The summed E-state index contributed by atoms with van der Waals surface area (Å²) < 4.78 is 5.65. The van der Waals surface area contributed by atoms with E-state index in [0.717, 1.165) is 41.4 Å². The highest BCUT2D eigenvalue weighted by Crippen LogP contribution is 2.50. The molecule has 0 unspecified atom stereocenters. The van der Waals surface area contributed by atoms with Crippen molar-refractivity contribution in [1.82, 2.24) is 24.8 Å². The van der Waals surface area contributed by atoms with E-state index in [0.29, 0.717) is 12.5 Å². The number of rotatable bonds is 4. The monoisotopic (exact) mass is 585 g/mol. The number of nitrogens with zero attached hydrogens (tertiary/aromatic N) is 3. The van der Waals surface area contributed by atoms with Gasteiger partial charge in [-0.05, 0) is 70.7 Å². The van der Waals surface area contributed by atoms with E-state index in [1.807, 2.05) is 56.7 Å². The van der Waals surface area contributed by atoms with Crippen LogP contribution in [0.2, 0.25) is 0 Å². The van der Waals surface area contributed by atoms with Crippen LogP contribution in [0.25, 0.3) is 22.5 Å². The third-order valence-electron chi connectivity index (χ3n) is 8.08. The largest absolute Gasteiger partial charge is 0.444 e. The van der Waals surface area contributed by atoms with Gasteiger partial charge in [0.05, 0.1) is 29.8 Å². The van der Waals surface area contributed by atoms with Crippen LogP contribution < -0.4 is 0 Å². The zero-order valence-corrected chi connectivity index (χ0v) is 25.3. The summed E-state index contributed by atoms with van der Waals surface area (Å²) in [5.74, 6) is 2.54. The summed E-state index contributed by atoms with van der Waals surface area (Å²) in [5.41, 5.74) is 3.82. The first-order valence-electron chi connectivity index (χ1n) is 14.5. The maximum atomic E-state index is 12.8.